The standard InChI is InChI=1S/C12H14N2O6S/c15-10(14-8-3-5-21(18,19)7-8)6-20-12(17)9-2-1-4-13-11(9)16/h1-2,4,8H,3,5-7H2,(H,13,16)(H,14,15)/t8-/m0/s1. The summed E-state index contributed by atoms with van der Waals surface area (Å²) < 4.78 is 27.2. The molecular weight excluding hydrogens is 300 g/mol. The van der Waals surface area contributed by atoms with Crippen LogP contribution in [-0.4, -0.2) is 49.4 Å². The first-order valence-electron chi connectivity index (χ1n) is 6.22. The van der Waals surface area contributed by atoms with E-state index in [1.54, 1.807) is 0 Å². The summed E-state index contributed by atoms with van der Waals surface area (Å²) in [4.78, 5) is 36.8. The fraction of sp³-hybridized carbons (Fsp3) is 0.417. The highest BCUT2D eigenvalue weighted by Crippen LogP contribution is 2.10. The molecule has 1 aliphatic rings. The molecule has 8 nitrogen and oxygen atoms in total. The van der Waals surface area contributed by atoms with Crippen molar-refractivity contribution in [2.24, 2.45) is 0 Å². The number of H-pyrrole nitrogens is 1. The van der Waals surface area contributed by atoms with E-state index in [4.69, 9.17) is 4.74 Å². The monoisotopic (exact) mass is 314 g/mol. The summed E-state index contributed by atoms with van der Waals surface area (Å²) in [5, 5.41) is 2.47. The zero-order valence-corrected chi connectivity index (χ0v) is 11.8. The fourth-order valence-corrected chi connectivity index (χ4v) is 3.64. The summed E-state index contributed by atoms with van der Waals surface area (Å²) in [5.74, 6) is -1.58. The molecule has 2 rings (SSSR count). The van der Waals surface area contributed by atoms with Crippen LogP contribution >= 0.6 is 0 Å². The number of rotatable bonds is 4. The molecule has 0 bridgehead atoms. The number of carbonyl (C=O) groups excluding carboxylic acids is 2. The second kappa shape index (κ2) is 6.08. The summed E-state index contributed by atoms with van der Waals surface area (Å²) in [5.41, 5.74) is -0.807. The van der Waals surface area contributed by atoms with Crippen LogP contribution in [0, 0.1) is 0 Å². The molecule has 1 aliphatic heterocycles. The van der Waals surface area contributed by atoms with Crippen LogP contribution in [0.4, 0.5) is 0 Å². The average molecular weight is 314 g/mol. The summed E-state index contributed by atoms with van der Waals surface area (Å²) >= 11 is 0. The number of amides is 1. The van der Waals surface area contributed by atoms with Gasteiger partial charge in [-0.15, -0.1) is 0 Å². The Hall–Kier alpha value is -2.16. The lowest BCUT2D eigenvalue weighted by Crippen LogP contribution is -2.38. The van der Waals surface area contributed by atoms with E-state index in [1.165, 1.54) is 18.3 Å². The van der Waals surface area contributed by atoms with Gasteiger partial charge >= 0.3 is 5.97 Å². The second-order valence-electron chi connectivity index (χ2n) is 4.66. The van der Waals surface area contributed by atoms with Gasteiger partial charge in [-0.05, 0) is 18.6 Å². The molecule has 2 heterocycles. The van der Waals surface area contributed by atoms with E-state index >= 15 is 0 Å². The van der Waals surface area contributed by atoms with Crippen LogP contribution in [0.15, 0.2) is 23.1 Å². The van der Waals surface area contributed by atoms with Crippen molar-refractivity contribution < 1.29 is 22.7 Å². The summed E-state index contributed by atoms with van der Waals surface area (Å²) in [6.45, 7) is -0.566. The van der Waals surface area contributed by atoms with E-state index in [9.17, 15) is 22.8 Å². The highest BCUT2D eigenvalue weighted by molar-refractivity contribution is 7.91. The predicted octanol–water partition coefficient (Wildman–Crippen LogP) is -1.16. The maximum atomic E-state index is 11.6. The van der Waals surface area contributed by atoms with E-state index < -0.39 is 39.9 Å². The van der Waals surface area contributed by atoms with Gasteiger partial charge in [0.05, 0.1) is 11.5 Å². The van der Waals surface area contributed by atoms with Crippen molar-refractivity contribution in [3.63, 3.8) is 0 Å². The normalized spacial score (nSPS) is 19.9. The van der Waals surface area contributed by atoms with E-state index in [0.717, 1.165) is 0 Å². The van der Waals surface area contributed by atoms with Gasteiger partial charge in [0.15, 0.2) is 16.4 Å². The number of aromatic amines is 1. The minimum Gasteiger partial charge on any atom is -0.452 e. The van der Waals surface area contributed by atoms with Gasteiger partial charge in [-0.25, -0.2) is 13.2 Å². The van der Waals surface area contributed by atoms with E-state index in [1.807, 2.05) is 0 Å². The van der Waals surface area contributed by atoms with Gasteiger partial charge in [0, 0.05) is 12.2 Å². The average Bonchev–Trinajstić information content (AvgIpc) is 2.75. The molecule has 0 unspecified atom stereocenters. The van der Waals surface area contributed by atoms with Crippen LogP contribution in [0.2, 0.25) is 0 Å². The lowest BCUT2D eigenvalue weighted by Gasteiger charge is -2.10. The molecule has 0 radical (unpaired) electrons. The van der Waals surface area contributed by atoms with Gasteiger partial charge < -0.3 is 15.0 Å². The number of ether oxygens (including phenoxy) is 1. The topological polar surface area (TPSA) is 122 Å². The Kier molecular flexibility index (Phi) is 4.41. The molecule has 0 aliphatic carbocycles. The summed E-state index contributed by atoms with van der Waals surface area (Å²) in [7, 11) is -3.09. The lowest BCUT2D eigenvalue weighted by atomic mass is 10.2. The molecule has 1 aromatic rings. The Bertz CT molecular complexity index is 708. The maximum Gasteiger partial charge on any atom is 0.344 e. The molecule has 9 heteroatoms. The SMILES string of the molecule is O=C(COC(=O)c1ccc[nH]c1=O)N[C@H]1CCS(=O)(=O)C1. The Morgan fingerprint density at radius 2 is 2.19 bits per heavy atom. The smallest absolute Gasteiger partial charge is 0.344 e. The fourth-order valence-electron chi connectivity index (χ4n) is 1.97. The van der Waals surface area contributed by atoms with Crippen molar-refractivity contribution in [3.05, 3.63) is 34.2 Å². The number of hydrogen-bond donors (Lipinski definition) is 2. The summed E-state index contributed by atoms with van der Waals surface area (Å²) in [6, 6.07) is 2.28. The Morgan fingerprint density at radius 1 is 1.43 bits per heavy atom. The van der Waals surface area contributed by atoms with Crippen molar-refractivity contribution in [1.82, 2.24) is 10.3 Å². The van der Waals surface area contributed by atoms with Gasteiger partial charge in [-0.3, -0.25) is 9.59 Å². The van der Waals surface area contributed by atoms with Gasteiger partial charge in [-0.1, -0.05) is 0 Å². The first-order valence-corrected chi connectivity index (χ1v) is 8.04. The first kappa shape index (κ1) is 15.2. The zero-order valence-electron chi connectivity index (χ0n) is 11.0. The van der Waals surface area contributed by atoms with Gasteiger partial charge in [0.2, 0.25) is 0 Å². The van der Waals surface area contributed by atoms with Gasteiger partial charge in [0.25, 0.3) is 11.5 Å². The van der Waals surface area contributed by atoms with E-state index in [2.05, 4.69) is 10.3 Å². The van der Waals surface area contributed by atoms with Gasteiger partial charge in [-0.2, -0.15) is 0 Å². The highest BCUT2D eigenvalue weighted by atomic mass is 32.2. The number of hydrogen-bond acceptors (Lipinski definition) is 6. The number of aromatic nitrogens is 1. The van der Waals surface area contributed by atoms with Gasteiger partial charge in [0.1, 0.15) is 5.56 Å². The zero-order chi connectivity index (χ0) is 15.5. The van der Waals surface area contributed by atoms with Crippen LogP contribution < -0.4 is 10.9 Å². The molecule has 0 saturated carbocycles. The Labute approximate surface area is 120 Å². The first-order chi connectivity index (χ1) is 9.87. The molecular formula is C12H14N2O6S. The second-order valence-corrected chi connectivity index (χ2v) is 6.89. The molecule has 114 valence electrons. The highest BCUT2D eigenvalue weighted by Gasteiger charge is 2.29. The Balaban J connectivity index is 1.83. The number of sulfone groups is 1. The van der Waals surface area contributed by atoms with Crippen LogP contribution in [0.5, 0.6) is 0 Å². The van der Waals surface area contributed by atoms with Crippen LogP contribution in [0.25, 0.3) is 0 Å². The predicted molar refractivity (Wildman–Crippen MR) is 72.5 cm³/mol. The Morgan fingerprint density at radius 3 is 2.81 bits per heavy atom. The minimum absolute atomic E-state index is 0.0388. The molecule has 2 N–H and O–H groups in total. The molecule has 1 fully saturated rings. The van der Waals surface area contributed by atoms with Crippen molar-refractivity contribution in [3.8, 4) is 0 Å². The van der Waals surface area contributed by atoms with Crippen LogP contribution in [0.3, 0.4) is 0 Å². The summed E-state index contributed by atoms with van der Waals surface area (Å²) in [6.07, 6.45) is 1.72. The quantitative estimate of drug-likeness (QED) is 0.676. The van der Waals surface area contributed by atoms with Crippen molar-refractivity contribution in [2.45, 2.75) is 12.5 Å². The molecule has 0 aromatic carbocycles. The van der Waals surface area contributed by atoms with Crippen LogP contribution in [0.1, 0.15) is 16.8 Å². The molecule has 0 spiro atoms. The van der Waals surface area contributed by atoms with Crippen molar-refractivity contribution in [2.75, 3.05) is 18.1 Å². The van der Waals surface area contributed by atoms with Crippen molar-refractivity contribution >= 4 is 21.7 Å². The number of esters is 1. The molecule has 1 atom stereocenters. The molecule has 1 amide bonds. The third-order valence-electron chi connectivity index (χ3n) is 2.97. The number of nitrogens with one attached hydrogen (secondary N) is 2. The van der Waals surface area contributed by atoms with Crippen molar-refractivity contribution in [1.29, 1.82) is 0 Å². The van der Waals surface area contributed by atoms with E-state index in [-0.39, 0.29) is 17.1 Å². The third-order valence-corrected chi connectivity index (χ3v) is 4.74. The van der Waals surface area contributed by atoms with E-state index in [0.29, 0.717) is 6.42 Å². The molecule has 1 saturated heterocycles. The molecule has 21 heavy (non-hydrogen) atoms. The van der Waals surface area contributed by atoms with Crippen LogP contribution in [-0.2, 0) is 19.4 Å². The number of pyridine rings is 1. The number of carbonyl (C=O) groups is 2. The third kappa shape index (κ3) is 4.15. The maximum absolute atomic E-state index is 11.6. The molecule has 1 aromatic heterocycles. The largest absolute Gasteiger partial charge is 0.452 e. The minimum atomic E-state index is -3.09. The lowest BCUT2D eigenvalue weighted by molar-refractivity contribution is -0.124.